The molecule has 24 heavy (non-hydrogen) atoms. The Labute approximate surface area is 139 Å². The molecule has 0 radical (unpaired) electrons. The SMILES string of the molecule is Cc1ccc(NC(=O)Nc2cnc(-n3ccnc3C)nc2)cc1C. The molecule has 7 nitrogen and oxygen atoms in total. The third kappa shape index (κ3) is 3.40. The van der Waals surface area contributed by atoms with E-state index < -0.39 is 0 Å². The lowest BCUT2D eigenvalue weighted by Crippen LogP contribution is -2.20. The van der Waals surface area contributed by atoms with Crippen molar-refractivity contribution >= 4 is 17.4 Å². The van der Waals surface area contributed by atoms with Gasteiger partial charge in [-0.05, 0) is 44.0 Å². The van der Waals surface area contributed by atoms with Gasteiger partial charge >= 0.3 is 6.03 Å². The van der Waals surface area contributed by atoms with Gasteiger partial charge in [-0.1, -0.05) is 6.07 Å². The van der Waals surface area contributed by atoms with E-state index in [0.717, 1.165) is 17.1 Å². The molecule has 1 aromatic carbocycles. The Balaban J connectivity index is 1.66. The fourth-order valence-corrected chi connectivity index (χ4v) is 2.21. The van der Waals surface area contributed by atoms with Gasteiger partial charge in [0.25, 0.3) is 0 Å². The second-order valence-corrected chi connectivity index (χ2v) is 5.49. The number of amides is 2. The zero-order valence-corrected chi connectivity index (χ0v) is 13.7. The van der Waals surface area contributed by atoms with Crippen LogP contribution in [0.25, 0.3) is 5.95 Å². The summed E-state index contributed by atoms with van der Waals surface area (Å²) in [6.45, 7) is 5.90. The Morgan fingerprint density at radius 2 is 1.67 bits per heavy atom. The van der Waals surface area contributed by atoms with Crippen LogP contribution in [0, 0.1) is 20.8 Å². The number of rotatable bonds is 3. The smallest absolute Gasteiger partial charge is 0.308 e. The van der Waals surface area contributed by atoms with Crippen molar-refractivity contribution in [2.24, 2.45) is 0 Å². The second-order valence-electron chi connectivity index (χ2n) is 5.49. The largest absolute Gasteiger partial charge is 0.323 e. The van der Waals surface area contributed by atoms with E-state index in [2.05, 4.69) is 25.6 Å². The summed E-state index contributed by atoms with van der Waals surface area (Å²) in [6, 6.07) is 5.42. The minimum absolute atomic E-state index is 0.339. The van der Waals surface area contributed by atoms with E-state index >= 15 is 0 Å². The summed E-state index contributed by atoms with van der Waals surface area (Å²) in [5, 5.41) is 5.50. The van der Waals surface area contributed by atoms with E-state index in [-0.39, 0.29) is 6.03 Å². The zero-order chi connectivity index (χ0) is 17.1. The molecule has 0 fully saturated rings. The van der Waals surface area contributed by atoms with Crippen LogP contribution in [-0.4, -0.2) is 25.6 Å². The van der Waals surface area contributed by atoms with E-state index in [4.69, 9.17) is 0 Å². The van der Waals surface area contributed by atoms with E-state index in [1.165, 1.54) is 5.56 Å². The highest BCUT2D eigenvalue weighted by Crippen LogP contribution is 2.15. The molecule has 2 aromatic heterocycles. The van der Waals surface area contributed by atoms with Crippen molar-refractivity contribution in [2.75, 3.05) is 10.6 Å². The number of aromatic nitrogens is 4. The summed E-state index contributed by atoms with van der Waals surface area (Å²) >= 11 is 0. The molecule has 0 saturated carbocycles. The lowest BCUT2D eigenvalue weighted by Gasteiger charge is -2.09. The molecule has 122 valence electrons. The van der Waals surface area contributed by atoms with Crippen LogP contribution in [0.4, 0.5) is 16.2 Å². The van der Waals surface area contributed by atoms with Crippen molar-refractivity contribution in [3.63, 3.8) is 0 Å². The van der Waals surface area contributed by atoms with Crippen molar-refractivity contribution in [1.29, 1.82) is 0 Å². The first-order valence-electron chi connectivity index (χ1n) is 7.50. The van der Waals surface area contributed by atoms with Gasteiger partial charge in [0, 0.05) is 18.1 Å². The Morgan fingerprint density at radius 3 is 2.29 bits per heavy atom. The number of benzene rings is 1. The third-order valence-electron chi connectivity index (χ3n) is 3.70. The van der Waals surface area contributed by atoms with E-state index in [1.54, 1.807) is 29.4 Å². The molecule has 2 heterocycles. The lowest BCUT2D eigenvalue weighted by molar-refractivity contribution is 0.262. The molecular formula is C17H18N6O. The highest BCUT2D eigenvalue weighted by molar-refractivity contribution is 5.99. The van der Waals surface area contributed by atoms with Crippen molar-refractivity contribution < 1.29 is 4.79 Å². The van der Waals surface area contributed by atoms with E-state index in [1.807, 2.05) is 39.0 Å². The summed E-state index contributed by atoms with van der Waals surface area (Å²) in [5.41, 5.74) is 3.55. The van der Waals surface area contributed by atoms with Crippen LogP contribution in [0.3, 0.4) is 0 Å². The maximum Gasteiger partial charge on any atom is 0.323 e. The Hall–Kier alpha value is -3.22. The summed E-state index contributed by atoms with van der Waals surface area (Å²) < 4.78 is 1.76. The number of imidazole rings is 1. The van der Waals surface area contributed by atoms with Crippen LogP contribution in [0.5, 0.6) is 0 Å². The molecule has 0 spiro atoms. The molecule has 0 aliphatic carbocycles. The highest BCUT2D eigenvalue weighted by atomic mass is 16.2. The monoisotopic (exact) mass is 322 g/mol. The Bertz CT molecular complexity index is 869. The van der Waals surface area contributed by atoms with Gasteiger partial charge in [-0.25, -0.2) is 19.7 Å². The minimum Gasteiger partial charge on any atom is -0.308 e. The molecule has 0 saturated heterocycles. The number of urea groups is 1. The van der Waals surface area contributed by atoms with E-state index in [0.29, 0.717) is 11.6 Å². The molecular weight excluding hydrogens is 304 g/mol. The van der Waals surface area contributed by atoms with Crippen molar-refractivity contribution in [3.05, 3.63) is 59.9 Å². The molecule has 3 rings (SSSR count). The molecule has 7 heteroatoms. The maximum atomic E-state index is 12.1. The first-order chi connectivity index (χ1) is 11.5. The second kappa shape index (κ2) is 6.49. The minimum atomic E-state index is -0.339. The fourth-order valence-electron chi connectivity index (χ4n) is 2.21. The number of hydrogen-bond donors (Lipinski definition) is 2. The van der Waals surface area contributed by atoms with Gasteiger partial charge in [0.05, 0.1) is 18.1 Å². The maximum absolute atomic E-state index is 12.1. The number of carbonyl (C=O) groups is 1. The number of aryl methyl sites for hydroxylation is 3. The zero-order valence-electron chi connectivity index (χ0n) is 13.7. The average Bonchev–Trinajstić information content (AvgIpc) is 2.98. The van der Waals surface area contributed by atoms with Gasteiger partial charge < -0.3 is 10.6 Å². The van der Waals surface area contributed by atoms with Crippen molar-refractivity contribution in [1.82, 2.24) is 19.5 Å². The predicted octanol–water partition coefficient (Wildman–Crippen LogP) is 3.23. The number of hydrogen-bond acceptors (Lipinski definition) is 4. The fraction of sp³-hybridized carbons (Fsp3) is 0.176. The van der Waals surface area contributed by atoms with Gasteiger partial charge in [0.15, 0.2) is 0 Å². The topological polar surface area (TPSA) is 84.7 Å². The third-order valence-corrected chi connectivity index (χ3v) is 3.70. The first-order valence-corrected chi connectivity index (χ1v) is 7.50. The van der Waals surface area contributed by atoms with Gasteiger partial charge in [0.2, 0.25) is 5.95 Å². The normalized spacial score (nSPS) is 10.5. The predicted molar refractivity (Wildman–Crippen MR) is 92.4 cm³/mol. The number of nitrogens with one attached hydrogen (secondary N) is 2. The van der Waals surface area contributed by atoms with Crippen molar-refractivity contribution in [3.8, 4) is 5.95 Å². The van der Waals surface area contributed by atoms with Crippen LogP contribution < -0.4 is 10.6 Å². The summed E-state index contributed by atoms with van der Waals surface area (Å²) in [7, 11) is 0. The highest BCUT2D eigenvalue weighted by Gasteiger charge is 2.07. The molecule has 0 bridgehead atoms. The van der Waals surface area contributed by atoms with Gasteiger partial charge in [-0.15, -0.1) is 0 Å². The summed E-state index contributed by atoms with van der Waals surface area (Å²) in [6.07, 6.45) is 6.58. The Kier molecular flexibility index (Phi) is 4.24. The number of nitrogens with zero attached hydrogens (tertiary/aromatic N) is 4. The van der Waals surface area contributed by atoms with Crippen LogP contribution in [0.2, 0.25) is 0 Å². The summed E-state index contributed by atoms with van der Waals surface area (Å²) in [5.74, 6) is 1.30. The average molecular weight is 322 g/mol. The van der Waals surface area contributed by atoms with Crippen LogP contribution >= 0.6 is 0 Å². The van der Waals surface area contributed by atoms with E-state index in [9.17, 15) is 4.79 Å². The standard InChI is InChI=1S/C17H18N6O/c1-11-4-5-14(8-12(11)2)21-17(24)22-15-9-19-16(20-10-15)23-7-6-18-13(23)3/h4-10H,1-3H3,(H2,21,22,24). The molecule has 0 aliphatic rings. The molecule has 0 atom stereocenters. The molecule has 0 unspecified atom stereocenters. The Morgan fingerprint density at radius 1 is 0.958 bits per heavy atom. The molecule has 0 aliphatic heterocycles. The number of anilines is 2. The first kappa shape index (κ1) is 15.7. The molecule has 2 N–H and O–H groups in total. The van der Waals surface area contributed by atoms with Gasteiger partial charge in [0.1, 0.15) is 5.82 Å². The van der Waals surface area contributed by atoms with Gasteiger partial charge in [-0.2, -0.15) is 0 Å². The van der Waals surface area contributed by atoms with Crippen LogP contribution in [0.1, 0.15) is 17.0 Å². The summed E-state index contributed by atoms with van der Waals surface area (Å²) in [4.78, 5) is 24.7. The lowest BCUT2D eigenvalue weighted by atomic mass is 10.1. The molecule has 2 amide bonds. The quantitative estimate of drug-likeness (QED) is 0.775. The van der Waals surface area contributed by atoms with Gasteiger partial charge in [-0.3, -0.25) is 4.57 Å². The van der Waals surface area contributed by atoms with Crippen LogP contribution in [0.15, 0.2) is 43.0 Å². The molecule has 3 aromatic rings. The van der Waals surface area contributed by atoms with Crippen LogP contribution in [-0.2, 0) is 0 Å². The van der Waals surface area contributed by atoms with Crippen molar-refractivity contribution in [2.45, 2.75) is 20.8 Å². The number of carbonyl (C=O) groups excluding carboxylic acids is 1.